The molecule has 0 radical (unpaired) electrons. The first kappa shape index (κ1) is 35.7. The molecule has 0 fully saturated rings. The van der Waals surface area contributed by atoms with Crippen LogP contribution in [0.4, 0.5) is 17.1 Å². The molecule has 12 rings (SSSR count). The molecule has 0 saturated carbocycles. The number of hydrogen-bond acceptors (Lipinski definition) is 1. The van der Waals surface area contributed by atoms with Gasteiger partial charge in [0.15, 0.2) is 0 Å². The molecule has 12 aromatic rings. The zero-order chi connectivity index (χ0) is 41.0. The fourth-order valence-electron chi connectivity index (χ4n) is 9.64. The Bertz CT molecular complexity index is 3560. The van der Waals surface area contributed by atoms with E-state index in [-0.39, 0.29) is 0 Å². The Morgan fingerprint density at radius 2 is 0.565 bits per heavy atom. The van der Waals surface area contributed by atoms with E-state index in [2.05, 4.69) is 252 Å². The van der Waals surface area contributed by atoms with E-state index in [1.165, 1.54) is 93.0 Å². The van der Waals surface area contributed by atoms with Crippen molar-refractivity contribution in [2.45, 2.75) is 0 Å². The Hall–Kier alpha value is -8.20. The van der Waals surface area contributed by atoms with Gasteiger partial charge in [-0.05, 0) is 110 Å². The van der Waals surface area contributed by atoms with E-state index in [9.17, 15) is 0 Å². The van der Waals surface area contributed by atoms with Crippen molar-refractivity contribution >= 4 is 76.7 Å². The van der Waals surface area contributed by atoms with Crippen LogP contribution in [0.2, 0.25) is 0 Å². The topological polar surface area (TPSA) is 7.65 Å². The molecule has 0 spiro atoms. The van der Waals surface area contributed by atoms with E-state index in [1.807, 2.05) is 0 Å². The summed E-state index contributed by atoms with van der Waals surface area (Å²) in [5.41, 5.74) is 14.1. The van der Waals surface area contributed by atoms with E-state index in [0.717, 1.165) is 17.1 Å². The molecular formula is C60H40N2. The second kappa shape index (κ2) is 14.8. The molecule has 2 aromatic heterocycles. The highest BCUT2D eigenvalue weighted by Crippen LogP contribution is 2.41. The van der Waals surface area contributed by atoms with Crippen LogP contribution in [0.25, 0.3) is 93.0 Å². The fourth-order valence-corrected chi connectivity index (χ4v) is 9.64. The average molecular weight is 789 g/mol. The highest BCUT2D eigenvalue weighted by atomic mass is 15.1. The van der Waals surface area contributed by atoms with Gasteiger partial charge in [0.05, 0.1) is 16.6 Å². The lowest BCUT2D eigenvalue weighted by Crippen LogP contribution is -2.09. The molecule has 0 aliphatic heterocycles. The van der Waals surface area contributed by atoms with Gasteiger partial charge in [0.1, 0.15) is 0 Å². The first-order chi connectivity index (χ1) is 30.8. The minimum absolute atomic E-state index is 1.10. The van der Waals surface area contributed by atoms with Gasteiger partial charge in [-0.3, -0.25) is 0 Å². The third kappa shape index (κ3) is 5.96. The summed E-state index contributed by atoms with van der Waals surface area (Å²) in [6, 6.07) is 88.5. The number of hydrogen-bond donors (Lipinski definition) is 0. The van der Waals surface area contributed by atoms with Crippen molar-refractivity contribution in [3.05, 3.63) is 243 Å². The van der Waals surface area contributed by atoms with Gasteiger partial charge in [0, 0.05) is 38.6 Å². The number of para-hydroxylation sites is 2. The maximum Gasteiger partial charge on any atom is 0.0619 e. The summed E-state index contributed by atoms with van der Waals surface area (Å²) in [6.07, 6.45) is 0. The highest BCUT2D eigenvalue weighted by Gasteiger charge is 2.17. The predicted molar refractivity (Wildman–Crippen MR) is 265 cm³/mol. The van der Waals surface area contributed by atoms with Gasteiger partial charge in [-0.15, -0.1) is 0 Å². The standard InChI is InChI=1S/C60H40N2/c1-3-14-41(15-4-1)43-26-33-47(34-27-43)61(48-35-28-44(29-36-48)42-16-5-2-6-17-42)49-37-30-45(31-38-49)46-32-39-59-57(40-46)56-24-13-23-55-53-21-10-8-19-51(53)50-18-7-9-20-52(50)54-22-11-12-25-58(54)62(59)60(55)56/h1-40H. The van der Waals surface area contributed by atoms with E-state index in [4.69, 9.17) is 0 Å². The monoisotopic (exact) mass is 788 g/mol. The summed E-state index contributed by atoms with van der Waals surface area (Å²) in [4.78, 5) is 2.35. The quantitative estimate of drug-likeness (QED) is 0.163. The molecule has 0 saturated heterocycles. The third-order valence-electron chi connectivity index (χ3n) is 12.6. The average Bonchev–Trinajstić information content (AvgIpc) is 3.70. The van der Waals surface area contributed by atoms with Crippen LogP contribution in [0.5, 0.6) is 0 Å². The van der Waals surface area contributed by atoms with Crippen molar-refractivity contribution < 1.29 is 0 Å². The summed E-state index contributed by atoms with van der Waals surface area (Å²) in [5, 5.41) is 9.93. The molecular weight excluding hydrogens is 749 g/mol. The molecule has 0 aliphatic rings. The Morgan fingerprint density at radius 3 is 1.08 bits per heavy atom. The zero-order valence-electron chi connectivity index (χ0n) is 34.0. The lowest BCUT2D eigenvalue weighted by Gasteiger charge is -2.26. The fraction of sp³-hybridized carbons (Fsp3) is 0. The number of fused-ring (bicyclic) bond motifs is 10. The number of nitrogens with zero attached hydrogens (tertiary/aromatic N) is 2. The molecule has 0 N–H and O–H groups in total. The van der Waals surface area contributed by atoms with Gasteiger partial charge in [0.25, 0.3) is 0 Å². The van der Waals surface area contributed by atoms with E-state index < -0.39 is 0 Å². The Morgan fingerprint density at radius 1 is 0.226 bits per heavy atom. The summed E-state index contributed by atoms with van der Waals surface area (Å²) in [5.74, 6) is 0. The lowest BCUT2D eigenvalue weighted by atomic mass is 9.99. The minimum Gasteiger partial charge on any atom is -0.311 e. The van der Waals surface area contributed by atoms with Gasteiger partial charge in [-0.1, -0.05) is 188 Å². The summed E-state index contributed by atoms with van der Waals surface area (Å²) >= 11 is 0. The Balaban J connectivity index is 1.01. The molecule has 290 valence electrons. The van der Waals surface area contributed by atoms with Crippen LogP contribution in [-0.4, -0.2) is 4.40 Å². The highest BCUT2D eigenvalue weighted by molar-refractivity contribution is 6.25. The zero-order valence-corrected chi connectivity index (χ0v) is 34.0. The van der Waals surface area contributed by atoms with Crippen molar-refractivity contribution in [1.82, 2.24) is 4.40 Å². The molecule has 0 aliphatic carbocycles. The molecule has 0 amide bonds. The predicted octanol–water partition coefficient (Wildman–Crippen LogP) is 16.7. The van der Waals surface area contributed by atoms with Crippen molar-refractivity contribution in [2.75, 3.05) is 4.90 Å². The maximum absolute atomic E-state index is 2.51. The second-order valence-corrected chi connectivity index (χ2v) is 16.1. The molecule has 0 atom stereocenters. The van der Waals surface area contributed by atoms with Crippen molar-refractivity contribution in [2.24, 2.45) is 0 Å². The van der Waals surface area contributed by atoms with Crippen LogP contribution in [0.15, 0.2) is 243 Å². The van der Waals surface area contributed by atoms with Crippen LogP contribution < -0.4 is 4.90 Å². The van der Waals surface area contributed by atoms with Crippen LogP contribution in [0.3, 0.4) is 0 Å². The Kier molecular flexibility index (Phi) is 8.53. The maximum atomic E-state index is 2.51. The summed E-state index contributed by atoms with van der Waals surface area (Å²) in [6.45, 7) is 0. The first-order valence-corrected chi connectivity index (χ1v) is 21.3. The van der Waals surface area contributed by atoms with Gasteiger partial charge < -0.3 is 9.30 Å². The van der Waals surface area contributed by atoms with Crippen LogP contribution in [0, 0.1) is 0 Å². The largest absolute Gasteiger partial charge is 0.311 e. The minimum atomic E-state index is 1.10. The first-order valence-electron chi connectivity index (χ1n) is 21.3. The third-order valence-corrected chi connectivity index (χ3v) is 12.6. The van der Waals surface area contributed by atoms with Gasteiger partial charge in [-0.2, -0.15) is 0 Å². The molecule has 62 heavy (non-hydrogen) atoms. The number of anilines is 3. The van der Waals surface area contributed by atoms with E-state index in [0.29, 0.717) is 0 Å². The van der Waals surface area contributed by atoms with Crippen LogP contribution in [-0.2, 0) is 0 Å². The molecule has 0 unspecified atom stereocenters. The SMILES string of the molecule is c1ccc(-c2ccc(N(c3ccc(-c4ccccc4)cc3)c3ccc(-c4ccc5c(c4)c4cccc6c7ccccc7c7ccccc7c7ccccc7n5c64)cc3)cc2)cc1. The van der Waals surface area contributed by atoms with Gasteiger partial charge >= 0.3 is 0 Å². The van der Waals surface area contributed by atoms with Gasteiger partial charge in [0.2, 0.25) is 0 Å². The molecule has 2 nitrogen and oxygen atoms in total. The molecule has 2 heterocycles. The normalized spacial score (nSPS) is 11.5. The second-order valence-electron chi connectivity index (χ2n) is 16.1. The number of benzene rings is 10. The smallest absolute Gasteiger partial charge is 0.0619 e. The van der Waals surface area contributed by atoms with Crippen molar-refractivity contribution in [3.8, 4) is 33.4 Å². The van der Waals surface area contributed by atoms with Crippen LogP contribution in [0.1, 0.15) is 0 Å². The lowest BCUT2D eigenvalue weighted by molar-refractivity contribution is 1.28. The molecule has 10 aromatic carbocycles. The molecule has 2 heteroatoms. The summed E-state index contributed by atoms with van der Waals surface area (Å²) < 4.78 is 2.51. The van der Waals surface area contributed by atoms with Crippen LogP contribution >= 0.6 is 0 Å². The Labute approximate surface area is 360 Å². The number of rotatable bonds is 6. The summed E-state index contributed by atoms with van der Waals surface area (Å²) in [7, 11) is 0. The molecule has 0 bridgehead atoms. The van der Waals surface area contributed by atoms with E-state index >= 15 is 0 Å². The van der Waals surface area contributed by atoms with Gasteiger partial charge in [-0.25, -0.2) is 0 Å². The van der Waals surface area contributed by atoms with Crippen molar-refractivity contribution in [1.29, 1.82) is 0 Å². The number of aromatic nitrogens is 1. The van der Waals surface area contributed by atoms with E-state index in [1.54, 1.807) is 0 Å². The van der Waals surface area contributed by atoms with Crippen molar-refractivity contribution in [3.63, 3.8) is 0 Å².